The molecule has 0 aliphatic carbocycles. The van der Waals surface area contributed by atoms with Crippen molar-refractivity contribution in [1.29, 1.82) is 0 Å². The molecule has 2 unspecified atom stereocenters. The molecule has 1 rings (SSSR count). The van der Waals surface area contributed by atoms with Gasteiger partial charge in [0.15, 0.2) is 0 Å². The summed E-state index contributed by atoms with van der Waals surface area (Å²) in [5.74, 6) is 2.57. The van der Waals surface area contributed by atoms with E-state index in [0.29, 0.717) is 18.6 Å². The molecule has 0 bridgehead atoms. The molecule has 1 N–H and O–H groups in total. The molecule has 4 heteroatoms. The van der Waals surface area contributed by atoms with Gasteiger partial charge in [0.25, 0.3) is 0 Å². The molecule has 0 spiro atoms. The SMILES string of the molecule is CC(CCOC(=O)c1ccccc1)C(O)C#C[Si](C)(C)C. The Labute approximate surface area is 128 Å². The van der Waals surface area contributed by atoms with E-state index < -0.39 is 14.2 Å². The average Bonchev–Trinajstić information content (AvgIpc) is 2.44. The second-order valence-corrected chi connectivity index (χ2v) is 11.0. The molecule has 0 aliphatic rings. The lowest BCUT2D eigenvalue weighted by Gasteiger charge is -2.14. The number of rotatable bonds is 5. The molecule has 0 saturated heterocycles. The van der Waals surface area contributed by atoms with Crippen molar-refractivity contribution in [2.24, 2.45) is 5.92 Å². The van der Waals surface area contributed by atoms with E-state index in [4.69, 9.17) is 4.74 Å². The minimum atomic E-state index is -1.47. The summed E-state index contributed by atoms with van der Waals surface area (Å²) in [5, 5.41) is 9.97. The molecule has 0 saturated carbocycles. The van der Waals surface area contributed by atoms with Crippen molar-refractivity contribution < 1.29 is 14.6 Å². The number of esters is 1. The summed E-state index contributed by atoms with van der Waals surface area (Å²) in [7, 11) is -1.47. The van der Waals surface area contributed by atoms with Gasteiger partial charge in [0.2, 0.25) is 0 Å². The van der Waals surface area contributed by atoms with Gasteiger partial charge in [-0.25, -0.2) is 4.79 Å². The summed E-state index contributed by atoms with van der Waals surface area (Å²) in [6.07, 6.45) is -0.0627. The summed E-state index contributed by atoms with van der Waals surface area (Å²) in [6.45, 7) is 8.62. The summed E-state index contributed by atoms with van der Waals surface area (Å²) in [6, 6.07) is 8.90. The van der Waals surface area contributed by atoms with Gasteiger partial charge in [-0.1, -0.05) is 50.7 Å². The first-order chi connectivity index (χ1) is 9.79. The summed E-state index contributed by atoms with van der Waals surface area (Å²) in [5.41, 5.74) is 3.70. The lowest BCUT2D eigenvalue weighted by Crippen LogP contribution is -2.22. The van der Waals surface area contributed by atoms with Crippen LogP contribution in [-0.2, 0) is 4.74 Å². The fourth-order valence-electron chi connectivity index (χ4n) is 1.59. The normalized spacial score (nSPS) is 13.8. The fraction of sp³-hybridized carbons (Fsp3) is 0.471. The highest BCUT2D eigenvalue weighted by molar-refractivity contribution is 6.83. The van der Waals surface area contributed by atoms with Gasteiger partial charge < -0.3 is 9.84 Å². The molecule has 2 atom stereocenters. The summed E-state index contributed by atoms with van der Waals surface area (Å²) >= 11 is 0. The predicted octanol–water partition coefficient (Wildman–Crippen LogP) is 3.11. The lowest BCUT2D eigenvalue weighted by atomic mass is 10.0. The zero-order chi connectivity index (χ0) is 15.9. The van der Waals surface area contributed by atoms with Crippen LogP contribution in [-0.4, -0.2) is 31.9 Å². The van der Waals surface area contributed by atoms with Crippen LogP contribution >= 0.6 is 0 Å². The first-order valence-corrected chi connectivity index (χ1v) is 10.7. The maximum atomic E-state index is 11.7. The van der Waals surface area contributed by atoms with Crippen molar-refractivity contribution in [2.75, 3.05) is 6.61 Å². The van der Waals surface area contributed by atoms with E-state index in [0.717, 1.165) is 0 Å². The number of hydrogen-bond donors (Lipinski definition) is 1. The van der Waals surface area contributed by atoms with Gasteiger partial charge in [-0.2, -0.15) is 0 Å². The summed E-state index contributed by atoms with van der Waals surface area (Å²) in [4.78, 5) is 11.7. The van der Waals surface area contributed by atoms with Crippen molar-refractivity contribution >= 4 is 14.0 Å². The Balaban J connectivity index is 2.38. The van der Waals surface area contributed by atoms with Crippen LogP contribution < -0.4 is 0 Å². The molecule has 114 valence electrons. The highest BCUT2D eigenvalue weighted by Gasteiger charge is 2.15. The second kappa shape index (κ2) is 8.01. The Morgan fingerprint density at radius 2 is 1.90 bits per heavy atom. The number of carbonyl (C=O) groups excluding carboxylic acids is 1. The largest absolute Gasteiger partial charge is 0.462 e. The van der Waals surface area contributed by atoms with Gasteiger partial charge in [-0.3, -0.25) is 0 Å². The molecule has 0 aromatic heterocycles. The molecule has 0 heterocycles. The quantitative estimate of drug-likeness (QED) is 0.516. The molecule has 1 aromatic carbocycles. The molecule has 0 aliphatic heterocycles. The number of carbonyl (C=O) groups is 1. The Hall–Kier alpha value is -1.57. The van der Waals surface area contributed by atoms with Crippen molar-refractivity contribution in [3.05, 3.63) is 35.9 Å². The maximum Gasteiger partial charge on any atom is 0.338 e. The van der Waals surface area contributed by atoms with Crippen LogP contribution in [0.25, 0.3) is 0 Å². The van der Waals surface area contributed by atoms with E-state index in [1.807, 2.05) is 13.0 Å². The van der Waals surface area contributed by atoms with Crippen LogP contribution in [0.4, 0.5) is 0 Å². The van der Waals surface area contributed by atoms with E-state index >= 15 is 0 Å². The van der Waals surface area contributed by atoms with E-state index in [2.05, 4.69) is 31.1 Å². The monoisotopic (exact) mass is 304 g/mol. The van der Waals surface area contributed by atoms with Gasteiger partial charge in [0.1, 0.15) is 14.2 Å². The van der Waals surface area contributed by atoms with Gasteiger partial charge in [0.05, 0.1) is 12.2 Å². The van der Waals surface area contributed by atoms with Gasteiger partial charge >= 0.3 is 5.97 Å². The minimum absolute atomic E-state index is 0.0163. The average molecular weight is 304 g/mol. The number of hydrogen-bond acceptors (Lipinski definition) is 3. The number of ether oxygens (including phenoxy) is 1. The predicted molar refractivity (Wildman–Crippen MR) is 87.6 cm³/mol. The first kappa shape index (κ1) is 17.5. The van der Waals surface area contributed by atoms with Crippen LogP contribution in [0.2, 0.25) is 19.6 Å². The number of aliphatic hydroxyl groups excluding tert-OH is 1. The van der Waals surface area contributed by atoms with Crippen molar-refractivity contribution in [3.63, 3.8) is 0 Å². The number of aliphatic hydroxyl groups is 1. The van der Waals surface area contributed by atoms with Crippen molar-refractivity contribution in [3.8, 4) is 11.5 Å². The molecule has 0 radical (unpaired) electrons. The van der Waals surface area contributed by atoms with Crippen molar-refractivity contribution in [2.45, 2.75) is 39.1 Å². The Kier molecular flexibility index (Phi) is 6.67. The second-order valence-electron chi connectivity index (χ2n) is 6.23. The zero-order valence-corrected chi connectivity index (χ0v) is 14.2. The molecular formula is C17H24O3Si. The van der Waals surface area contributed by atoms with Crippen LogP contribution in [0.3, 0.4) is 0 Å². The molecule has 0 fully saturated rings. The molecule has 1 aromatic rings. The highest BCUT2D eigenvalue weighted by atomic mass is 28.3. The Morgan fingerprint density at radius 1 is 1.29 bits per heavy atom. The zero-order valence-electron chi connectivity index (χ0n) is 13.2. The Bertz CT molecular complexity index is 508. The van der Waals surface area contributed by atoms with E-state index in [1.54, 1.807) is 24.3 Å². The smallest absolute Gasteiger partial charge is 0.338 e. The van der Waals surface area contributed by atoms with Crippen LogP contribution in [0.1, 0.15) is 23.7 Å². The van der Waals surface area contributed by atoms with E-state index in [9.17, 15) is 9.90 Å². The summed E-state index contributed by atoms with van der Waals surface area (Å²) < 4.78 is 5.20. The molecule has 3 nitrogen and oxygen atoms in total. The topological polar surface area (TPSA) is 46.5 Å². The third kappa shape index (κ3) is 7.12. The van der Waals surface area contributed by atoms with E-state index in [1.165, 1.54) is 0 Å². The van der Waals surface area contributed by atoms with Crippen LogP contribution in [0, 0.1) is 17.4 Å². The fourth-order valence-corrected chi connectivity index (χ4v) is 2.17. The standard InChI is InChI=1S/C17H24O3Si/c1-14(16(18)11-13-21(2,3)4)10-12-20-17(19)15-8-6-5-7-9-15/h5-9,14,16,18H,10,12H2,1-4H3. The first-order valence-electron chi connectivity index (χ1n) is 7.22. The highest BCUT2D eigenvalue weighted by Crippen LogP contribution is 2.10. The van der Waals surface area contributed by atoms with Gasteiger partial charge in [-0.15, -0.1) is 5.54 Å². The van der Waals surface area contributed by atoms with Gasteiger partial charge in [-0.05, 0) is 24.5 Å². The van der Waals surface area contributed by atoms with Crippen LogP contribution in [0.15, 0.2) is 30.3 Å². The molecular weight excluding hydrogens is 280 g/mol. The maximum absolute atomic E-state index is 11.7. The lowest BCUT2D eigenvalue weighted by molar-refractivity contribution is 0.0455. The molecule has 0 amide bonds. The third-order valence-corrected chi connectivity index (χ3v) is 3.84. The minimum Gasteiger partial charge on any atom is -0.462 e. The third-order valence-electron chi connectivity index (χ3n) is 2.95. The van der Waals surface area contributed by atoms with Crippen molar-refractivity contribution in [1.82, 2.24) is 0 Å². The van der Waals surface area contributed by atoms with Gasteiger partial charge in [0, 0.05) is 0 Å². The van der Waals surface area contributed by atoms with Crippen LogP contribution in [0.5, 0.6) is 0 Å². The molecule has 21 heavy (non-hydrogen) atoms. The Morgan fingerprint density at radius 3 is 2.48 bits per heavy atom. The van der Waals surface area contributed by atoms with E-state index in [-0.39, 0.29) is 11.9 Å². The number of benzene rings is 1.